The maximum atomic E-state index is 12.9. The summed E-state index contributed by atoms with van der Waals surface area (Å²) in [4.78, 5) is 28.7. The molecule has 4 rings (SSSR count). The fourth-order valence-electron chi connectivity index (χ4n) is 3.52. The molecule has 0 aliphatic rings. The van der Waals surface area contributed by atoms with Gasteiger partial charge in [-0.15, -0.1) is 0 Å². The van der Waals surface area contributed by atoms with Gasteiger partial charge in [0.1, 0.15) is 0 Å². The number of aromatic amines is 1. The molecule has 3 aromatic carbocycles. The van der Waals surface area contributed by atoms with Gasteiger partial charge in [0.15, 0.2) is 9.84 Å². The molecule has 4 aromatic rings. The largest absolute Gasteiger partial charge is 0.358 e. The molecule has 0 atom stereocenters. The maximum Gasteiger partial charge on any atom is 0.258 e. The summed E-state index contributed by atoms with van der Waals surface area (Å²) in [6.45, 7) is 1.83. The molecule has 0 saturated carbocycles. The lowest BCUT2D eigenvalue weighted by Gasteiger charge is -2.11. The molecule has 0 radical (unpaired) electrons. The van der Waals surface area contributed by atoms with Crippen LogP contribution in [0.3, 0.4) is 0 Å². The van der Waals surface area contributed by atoms with E-state index in [1.165, 1.54) is 30.3 Å². The molecule has 0 fully saturated rings. The normalized spacial score (nSPS) is 11.4. The number of aryl methyl sites for hydroxylation is 1. The molecule has 168 valence electrons. The zero-order valence-corrected chi connectivity index (χ0v) is 19.3. The first-order valence-electron chi connectivity index (χ1n) is 9.93. The Bertz CT molecular complexity index is 1510. The van der Waals surface area contributed by atoms with Gasteiger partial charge < -0.3 is 15.6 Å². The average molecular weight is 482 g/mol. The molecule has 33 heavy (non-hydrogen) atoms. The van der Waals surface area contributed by atoms with E-state index in [-0.39, 0.29) is 21.4 Å². The molecule has 7 nitrogen and oxygen atoms in total. The molecule has 3 N–H and O–H groups in total. The Balaban J connectivity index is 1.52. The SMILES string of the molecule is Cc1[nH]c2ccccc2c1C(=O)Nc1ccc(NC(=O)c2cccc(S(C)(=O)=O)c2)c(Cl)c1. The van der Waals surface area contributed by atoms with Gasteiger partial charge in [-0.2, -0.15) is 0 Å². The summed E-state index contributed by atoms with van der Waals surface area (Å²) in [7, 11) is -3.44. The highest BCUT2D eigenvalue weighted by molar-refractivity contribution is 7.90. The van der Waals surface area contributed by atoms with E-state index in [2.05, 4.69) is 15.6 Å². The third kappa shape index (κ3) is 4.76. The summed E-state index contributed by atoms with van der Waals surface area (Å²) in [5.41, 5.74) is 3.14. The summed E-state index contributed by atoms with van der Waals surface area (Å²) in [5, 5.41) is 6.53. The minimum Gasteiger partial charge on any atom is -0.358 e. The van der Waals surface area contributed by atoms with E-state index in [1.807, 2.05) is 31.2 Å². The standard InChI is InChI=1S/C24H20ClN3O4S/c1-14-22(18-8-3-4-9-20(18)26-14)24(30)27-16-10-11-21(19(25)13-16)28-23(29)15-6-5-7-17(12-15)33(2,31)32/h3-13,26H,1-2H3,(H,27,30)(H,28,29). The van der Waals surface area contributed by atoms with E-state index in [1.54, 1.807) is 12.1 Å². The molecule has 0 aliphatic carbocycles. The number of anilines is 2. The van der Waals surface area contributed by atoms with Crippen molar-refractivity contribution in [1.29, 1.82) is 0 Å². The Morgan fingerprint density at radius 3 is 2.39 bits per heavy atom. The Hall–Kier alpha value is -3.62. The van der Waals surface area contributed by atoms with Crippen LogP contribution >= 0.6 is 11.6 Å². The van der Waals surface area contributed by atoms with Crippen molar-refractivity contribution in [3.8, 4) is 0 Å². The number of carbonyl (C=O) groups excluding carboxylic acids is 2. The number of benzene rings is 3. The van der Waals surface area contributed by atoms with Gasteiger partial charge in [-0.1, -0.05) is 35.9 Å². The van der Waals surface area contributed by atoms with Crippen LogP contribution in [-0.4, -0.2) is 31.5 Å². The minimum absolute atomic E-state index is 0.0480. The molecule has 1 aromatic heterocycles. The zero-order chi connectivity index (χ0) is 23.8. The van der Waals surface area contributed by atoms with Gasteiger partial charge in [-0.3, -0.25) is 9.59 Å². The summed E-state index contributed by atoms with van der Waals surface area (Å²) < 4.78 is 23.5. The highest BCUT2D eigenvalue weighted by atomic mass is 35.5. The first-order valence-corrected chi connectivity index (χ1v) is 12.2. The van der Waals surface area contributed by atoms with Crippen LogP contribution in [0, 0.1) is 6.92 Å². The lowest BCUT2D eigenvalue weighted by Crippen LogP contribution is -2.14. The molecule has 0 unspecified atom stereocenters. The highest BCUT2D eigenvalue weighted by Gasteiger charge is 2.17. The predicted octanol–water partition coefficient (Wildman–Crippen LogP) is 5.04. The number of para-hydroxylation sites is 1. The molecule has 0 bridgehead atoms. The Morgan fingerprint density at radius 1 is 0.909 bits per heavy atom. The van der Waals surface area contributed by atoms with Gasteiger partial charge in [0.05, 0.1) is 21.2 Å². The number of rotatable bonds is 5. The molecule has 9 heteroatoms. The number of nitrogens with one attached hydrogen (secondary N) is 3. The van der Waals surface area contributed by atoms with Crippen LogP contribution in [0.5, 0.6) is 0 Å². The number of halogens is 1. The van der Waals surface area contributed by atoms with Crippen molar-refractivity contribution in [3.63, 3.8) is 0 Å². The van der Waals surface area contributed by atoms with Crippen LogP contribution in [0.2, 0.25) is 5.02 Å². The molecule has 1 heterocycles. The zero-order valence-electron chi connectivity index (χ0n) is 17.8. The number of fused-ring (bicyclic) bond motifs is 1. The molecular formula is C24H20ClN3O4S. The third-order valence-corrected chi connectivity index (χ3v) is 6.54. The molecular weight excluding hydrogens is 462 g/mol. The number of amides is 2. The Kier molecular flexibility index (Phi) is 5.97. The number of carbonyl (C=O) groups is 2. The fraction of sp³-hybridized carbons (Fsp3) is 0.0833. The fourth-order valence-corrected chi connectivity index (χ4v) is 4.41. The third-order valence-electron chi connectivity index (χ3n) is 5.12. The van der Waals surface area contributed by atoms with Crippen LogP contribution in [0.4, 0.5) is 11.4 Å². The van der Waals surface area contributed by atoms with Crippen LogP contribution in [0.1, 0.15) is 26.4 Å². The summed E-state index contributed by atoms with van der Waals surface area (Å²) in [6.07, 6.45) is 1.08. The number of hydrogen-bond acceptors (Lipinski definition) is 4. The number of aromatic nitrogens is 1. The number of hydrogen-bond donors (Lipinski definition) is 3. The Labute approximate surface area is 195 Å². The summed E-state index contributed by atoms with van der Waals surface area (Å²) in [5.74, 6) is -0.788. The van der Waals surface area contributed by atoms with Gasteiger partial charge in [0, 0.05) is 34.1 Å². The number of sulfone groups is 1. The van der Waals surface area contributed by atoms with Crippen LogP contribution in [-0.2, 0) is 9.84 Å². The molecule has 0 spiro atoms. The van der Waals surface area contributed by atoms with Crippen molar-refractivity contribution < 1.29 is 18.0 Å². The Morgan fingerprint density at radius 2 is 1.67 bits per heavy atom. The second-order valence-corrected chi connectivity index (χ2v) is 10.00. The van der Waals surface area contributed by atoms with Crippen molar-refractivity contribution in [1.82, 2.24) is 4.98 Å². The van der Waals surface area contributed by atoms with Gasteiger partial charge in [0.25, 0.3) is 11.8 Å². The molecule has 2 amide bonds. The minimum atomic E-state index is -3.44. The van der Waals surface area contributed by atoms with Crippen molar-refractivity contribution in [3.05, 3.63) is 88.6 Å². The van der Waals surface area contributed by atoms with Gasteiger partial charge >= 0.3 is 0 Å². The van der Waals surface area contributed by atoms with Gasteiger partial charge in [-0.25, -0.2) is 8.42 Å². The van der Waals surface area contributed by atoms with E-state index >= 15 is 0 Å². The van der Waals surface area contributed by atoms with Crippen molar-refractivity contribution in [2.24, 2.45) is 0 Å². The van der Waals surface area contributed by atoms with E-state index in [0.717, 1.165) is 22.9 Å². The van der Waals surface area contributed by atoms with Crippen molar-refractivity contribution in [2.45, 2.75) is 11.8 Å². The van der Waals surface area contributed by atoms with E-state index in [9.17, 15) is 18.0 Å². The molecule has 0 aliphatic heterocycles. The average Bonchev–Trinajstić information content (AvgIpc) is 3.11. The van der Waals surface area contributed by atoms with Crippen molar-refractivity contribution in [2.75, 3.05) is 16.9 Å². The lowest BCUT2D eigenvalue weighted by molar-refractivity contribution is 0.101. The molecule has 0 saturated heterocycles. The topological polar surface area (TPSA) is 108 Å². The summed E-state index contributed by atoms with van der Waals surface area (Å²) >= 11 is 6.33. The maximum absolute atomic E-state index is 12.9. The monoisotopic (exact) mass is 481 g/mol. The van der Waals surface area contributed by atoms with Crippen LogP contribution < -0.4 is 10.6 Å². The smallest absolute Gasteiger partial charge is 0.258 e. The summed E-state index contributed by atoms with van der Waals surface area (Å²) in [6, 6.07) is 18.0. The lowest BCUT2D eigenvalue weighted by atomic mass is 10.1. The number of H-pyrrole nitrogens is 1. The van der Waals surface area contributed by atoms with E-state index < -0.39 is 15.7 Å². The second-order valence-electron chi connectivity index (χ2n) is 7.57. The van der Waals surface area contributed by atoms with E-state index in [4.69, 9.17) is 11.6 Å². The quantitative estimate of drug-likeness (QED) is 0.371. The van der Waals surface area contributed by atoms with E-state index in [0.29, 0.717) is 16.9 Å². The highest BCUT2D eigenvalue weighted by Crippen LogP contribution is 2.28. The van der Waals surface area contributed by atoms with Crippen LogP contribution in [0.15, 0.2) is 71.6 Å². The first kappa shape index (κ1) is 22.6. The van der Waals surface area contributed by atoms with Crippen molar-refractivity contribution >= 4 is 55.5 Å². The first-order chi connectivity index (χ1) is 15.6. The predicted molar refractivity (Wildman–Crippen MR) is 130 cm³/mol. The van der Waals surface area contributed by atoms with Gasteiger partial charge in [0.2, 0.25) is 0 Å². The van der Waals surface area contributed by atoms with Gasteiger partial charge in [-0.05, 0) is 49.4 Å². The van der Waals surface area contributed by atoms with Crippen LogP contribution in [0.25, 0.3) is 10.9 Å². The second kappa shape index (κ2) is 8.73.